The number of nitrogens with zero attached hydrogens (tertiary/aromatic N) is 2. The molecule has 0 aliphatic heterocycles. The van der Waals surface area contributed by atoms with Crippen molar-refractivity contribution in [1.29, 1.82) is 0 Å². The molecule has 2 aromatic carbocycles. The van der Waals surface area contributed by atoms with Gasteiger partial charge in [-0.3, -0.25) is 4.98 Å². The Morgan fingerprint density at radius 1 is 0.939 bits per heavy atom. The number of unbranched alkanes of at least 4 members (excludes halogenated alkanes) is 3. The van der Waals surface area contributed by atoms with Gasteiger partial charge in [-0.1, -0.05) is 69.0 Å². The fourth-order valence-electron chi connectivity index (χ4n) is 4.40. The lowest BCUT2D eigenvalue weighted by Gasteiger charge is -2.18. The first-order valence-corrected chi connectivity index (χ1v) is 13.3. The number of imidazole rings is 1. The van der Waals surface area contributed by atoms with Crippen LogP contribution in [-0.2, 0) is 10.0 Å². The fourth-order valence-corrected chi connectivity index (χ4v) is 5.49. The molecule has 7 heteroatoms. The lowest BCUT2D eigenvalue weighted by atomic mass is 9.91. The summed E-state index contributed by atoms with van der Waals surface area (Å²) in [7, 11) is -3.43. The first-order chi connectivity index (χ1) is 16.1. The first-order valence-electron chi connectivity index (χ1n) is 11.9. The average Bonchev–Trinajstić information content (AvgIpc) is 3.34. The number of nitrogens with one attached hydrogen (secondary N) is 2. The molecule has 0 spiro atoms. The summed E-state index contributed by atoms with van der Waals surface area (Å²) < 4.78 is 27.4. The van der Waals surface area contributed by atoms with Crippen LogP contribution in [-0.4, -0.2) is 29.9 Å². The number of para-hydroxylation sites is 1. The zero-order valence-electron chi connectivity index (χ0n) is 19.1. The topological polar surface area (TPSA) is 87.7 Å². The van der Waals surface area contributed by atoms with Crippen molar-refractivity contribution in [3.8, 4) is 0 Å². The van der Waals surface area contributed by atoms with E-state index in [1.807, 2.05) is 18.2 Å². The Kier molecular flexibility index (Phi) is 7.73. The molecule has 2 aromatic heterocycles. The normalized spacial score (nSPS) is 13.0. The standard InChI is InChI=1S/C26H32N4O2S/c1-2-3-12-20(13-6-5-11-18-29-33(31,32)21-14-7-4-8-15-21)24-26-25(27-19-28-26)22-16-9-10-17-23(22)30-24/h4,7-10,14-17,19-20,29H,2-3,5-6,11-13,18H2,1H3,(H,27,28). The largest absolute Gasteiger partial charge is 0.343 e. The number of aromatic nitrogens is 3. The molecular weight excluding hydrogens is 432 g/mol. The van der Waals surface area contributed by atoms with Gasteiger partial charge in [0.1, 0.15) is 0 Å². The SMILES string of the molecule is CCCCC(CCCCCNS(=O)(=O)c1ccccc1)c1nc2ccccc2c2nc[nH]c12. The van der Waals surface area contributed by atoms with Crippen LogP contribution in [0, 0.1) is 0 Å². The highest BCUT2D eigenvalue weighted by Crippen LogP contribution is 2.33. The molecule has 1 unspecified atom stereocenters. The van der Waals surface area contributed by atoms with Crippen molar-refractivity contribution in [3.63, 3.8) is 0 Å². The Bertz CT molecular complexity index is 1290. The molecule has 2 N–H and O–H groups in total. The van der Waals surface area contributed by atoms with Gasteiger partial charge in [-0.2, -0.15) is 0 Å². The second-order valence-electron chi connectivity index (χ2n) is 8.54. The summed E-state index contributed by atoms with van der Waals surface area (Å²) in [6, 6.07) is 16.7. The van der Waals surface area contributed by atoms with E-state index in [1.54, 1.807) is 30.6 Å². The van der Waals surface area contributed by atoms with Crippen LogP contribution >= 0.6 is 0 Å². The van der Waals surface area contributed by atoms with Gasteiger partial charge in [0.15, 0.2) is 0 Å². The minimum atomic E-state index is -3.43. The number of aromatic amines is 1. The molecule has 0 saturated carbocycles. The number of H-pyrrole nitrogens is 1. The van der Waals surface area contributed by atoms with Gasteiger partial charge in [-0.05, 0) is 37.5 Å². The summed E-state index contributed by atoms with van der Waals surface area (Å²) in [5.74, 6) is 0.360. The summed E-state index contributed by atoms with van der Waals surface area (Å²) in [6.45, 7) is 2.67. The van der Waals surface area contributed by atoms with Gasteiger partial charge in [0.05, 0.1) is 33.5 Å². The van der Waals surface area contributed by atoms with Gasteiger partial charge >= 0.3 is 0 Å². The smallest absolute Gasteiger partial charge is 0.240 e. The predicted molar refractivity (Wildman–Crippen MR) is 134 cm³/mol. The maximum Gasteiger partial charge on any atom is 0.240 e. The monoisotopic (exact) mass is 464 g/mol. The molecule has 33 heavy (non-hydrogen) atoms. The van der Waals surface area contributed by atoms with E-state index in [0.29, 0.717) is 17.4 Å². The molecule has 0 bridgehead atoms. The van der Waals surface area contributed by atoms with E-state index in [0.717, 1.165) is 72.6 Å². The number of benzene rings is 2. The summed E-state index contributed by atoms with van der Waals surface area (Å²) in [6.07, 6.45) is 9.02. The van der Waals surface area contributed by atoms with Crippen molar-refractivity contribution in [2.24, 2.45) is 0 Å². The van der Waals surface area contributed by atoms with E-state index in [9.17, 15) is 8.42 Å². The van der Waals surface area contributed by atoms with Crippen LogP contribution in [0.25, 0.3) is 21.9 Å². The third-order valence-electron chi connectivity index (χ3n) is 6.16. The highest BCUT2D eigenvalue weighted by molar-refractivity contribution is 7.89. The van der Waals surface area contributed by atoms with Gasteiger partial charge in [0.25, 0.3) is 0 Å². The Morgan fingerprint density at radius 3 is 2.52 bits per heavy atom. The second-order valence-corrected chi connectivity index (χ2v) is 10.3. The molecule has 0 amide bonds. The molecule has 0 radical (unpaired) electrons. The van der Waals surface area contributed by atoms with Gasteiger partial charge in [-0.15, -0.1) is 0 Å². The number of hydrogen-bond acceptors (Lipinski definition) is 4. The van der Waals surface area contributed by atoms with Gasteiger partial charge < -0.3 is 4.98 Å². The maximum absolute atomic E-state index is 12.4. The molecule has 2 heterocycles. The van der Waals surface area contributed by atoms with Crippen molar-refractivity contribution in [2.75, 3.05) is 6.54 Å². The van der Waals surface area contributed by atoms with Crippen molar-refractivity contribution in [1.82, 2.24) is 19.7 Å². The Morgan fingerprint density at radius 2 is 1.70 bits per heavy atom. The minimum absolute atomic E-state index is 0.315. The molecule has 6 nitrogen and oxygen atoms in total. The van der Waals surface area contributed by atoms with Crippen LogP contribution < -0.4 is 4.72 Å². The van der Waals surface area contributed by atoms with Gasteiger partial charge in [0.2, 0.25) is 10.0 Å². The number of hydrogen-bond donors (Lipinski definition) is 2. The van der Waals surface area contributed by atoms with Crippen LogP contribution in [0.3, 0.4) is 0 Å². The van der Waals surface area contributed by atoms with E-state index in [-0.39, 0.29) is 0 Å². The third kappa shape index (κ3) is 5.60. The van der Waals surface area contributed by atoms with E-state index in [1.165, 1.54) is 0 Å². The Labute approximate surface area is 195 Å². The average molecular weight is 465 g/mol. The zero-order valence-corrected chi connectivity index (χ0v) is 19.9. The van der Waals surface area contributed by atoms with Gasteiger partial charge in [0, 0.05) is 17.8 Å². The lowest BCUT2D eigenvalue weighted by Crippen LogP contribution is -2.24. The van der Waals surface area contributed by atoms with Crippen molar-refractivity contribution in [2.45, 2.75) is 62.7 Å². The lowest BCUT2D eigenvalue weighted by molar-refractivity contribution is 0.503. The zero-order chi connectivity index (χ0) is 23.1. The molecular formula is C26H32N4O2S. The first kappa shape index (κ1) is 23.4. The van der Waals surface area contributed by atoms with E-state index >= 15 is 0 Å². The molecule has 4 rings (SSSR count). The summed E-state index contributed by atoms with van der Waals surface area (Å²) in [5.41, 5.74) is 4.14. The Hall–Kier alpha value is -2.77. The van der Waals surface area contributed by atoms with Crippen LogP contribution in [0.2, 0.25) is 0 Å². The maximum atomic E-state index is 12.4. The molecule has 4 aromatic rings. The predicted octanol–water partition coefficient (Wildman–Crippen LogP) is 5.92. The fraction of sp³-hybridized carbons (Fsp3) is 0.385. The molecule has 0 fully saturated rings. The van der Waals surface area contributed by atoms with E-state index in [4.69, 9.17) is 4.98 Å². The molecule has 0 aliphatic carbocycles. The summed E-state index contributed by atoms with van der Waals surface area (Å²) in [4.78, 5) is 13.3. The minimum Gasteiger partial charge on any atom is -0.343 e. The van der Waals surface area contributed by atoms with E-state index < -0.39 is 10.0 Å². The summed E-state index contributed by atoms with van der Waals surface area (Å²) in [5, 5.41) is 1.08. The van der Waals surface area contributed by atoms with Crippen molar-refractivity contribution < 1.29 is 8.42 Å². The number of rotatable bonds is 12. The van der Waals surface area contributed by atoms with Crippen LogP contribution in [0.4, 0.5) is 0 Å². The van der Waals surface area contributed by atoms with E-state index in [2.05, 4.69) is 33.7 Å². The number of sulfonamides is 1. The van der Waals surface area contributed by atoms with Crippen molar-refractivity contribution in [3.05, 3.63) is 66.6 Å². The highest BCUT2D eigenvalue weighted by Gasteiger charge is 2.19. The molecule has 174 valence electrons. The number of fused-ring (bicyclic) bond motifs is 3. The molecule has 1 atom stereocenters. The van der Waals surface area contributed by atoms with Crippen molar-refractivity contribution >= 4 is 32.0 Å². The Balaban J connectivity index is 1.38. The van der Waals surface area contributed by atoms with Crippen LogP contribution in [0.5, 0.6) is 0 Å². The second kappa shape index (κ2) is 10.9. The number of pyridine rings is 1. The van der Waals surface area contributed by atoms with Crippen LogP contribution in [0.1, 0.15) is 63.5 Å². The van der Waals surface area contributed by atoms with Gasteiger partial charge in [-0.25, -0.2) is 18.1 Å². The molecule has 0 aliphatic rings. The highest BCUT2D eigenvalue weighted by atomic mass is 32.2. The molecule has 0 saturated heterocycles. The third-order valence-corrected chi connectivity index (χ3v) is 7.64. The summed E-state index contributed by atoms with van der Waals surface area (Å²) >= 11 is 0. The van der Waals surface area contributed by atoms with Crippen LogP contribution in [0.15, 0.2) is 65.8 Å². The quantitative estimate of drug-likeness (QED) is 0.255.